The van der Waals surface area contributed by atoms with Crippen molar-refractivity contribution in [2.24, 2.45) is 0 Å². The summed E-state index contributed by atoms with van der Waals surface area (Å²) < 4.78 is 20.8. The van der Waals surface area contributed by atoms with Gasteiger partial charge in [-0.05, 0) is 81.1 Å². The standard InChI is InChI=1S/C26H36FN3OS/c1-9-21(15-22(10-2)32-11-3)23(16-25(27)20(6)31-13-12-30(7)8)19(5)24-14-18(4)17-29-26(24)28/h9-10,14-17H,1,5,11-13H2,2-4,6-8H3,(H2,28,29)/b21-15+,22-10+,23-16+,25-20-. The summed E-state index contributed by atoms with van der Waals surface area (Å²) >= 11 is 1.70. The molecule has 174 valence electrons. The molecule has 4 nitrogen and oxygen atoms in total. The van der Waals surface area contributed by atoms with Gasteiger partial charge in [0.2, 0.25) is 0 Å². The lowest BCUT2D eigenvalue weighted by Crippen LogP contribution is -2.17. The van der Waals surface area contributed by atoms with Crippen molar-refractivity contribution >= 4 is 23.2 Å². The van der Waals surface area contributed by atoms with Crippen LogP contribution in [0, 0.1) is 6.92 Å². The molecule has 0 aliphatic heterocycles. The quantitative estimate of drug-likeness (QED) is 0.288. The van der Waals surface area contributed by atoms with E-state index in [1.54, 1.807) is 31.0 Å². The zero-order valence-electron chi connectivity index (χ0n) is 20.2. The molecule has 1 heterocycles. The van der Waals surface area contributed by atoms with Gasteiger partial charge in [0.15, 0.2) is 5.83 Å². The molecule has 1 rings (SSSR count). The van der Waals surface area contributed by atoms with Gasteiger partial charge in [0.1, 0.15) is 18.2 Å². The Balaban J connectivity index is 3.57. The Morgan fingerprint density at radius 2 is 2.03 bits per heavy atom. The van der Waals surface area contributed by atoms with Crippen molar-refractivity contribution in [2.75, 3.05) is 38.7 Å². The number of rotatable bonds is 12. The van der Waals surface area contributed by atoms with Crippen LogP contribution in [0.4, 0.5) is 10.2 Å². The second-order valence-electron chi connectivity index (χ2n) is 7.47. The number of nitrogens with zero attached hydrogens (tertiary/aromatic N) is 2. The molecule has 0 atom stereocenters. The molecule has 0 aliphatic carbocycles. The highest BCUT2D eigenvalue weighted by molar-refractivity contribution is 8.03. The maximum absolute atomic E-state index is 15.2. The molecule has 0 spiro atoms. The number of anilines is 1. The number of hydrogen-bond acceptors (Lipinski definition) is 5. The predicted octanol–water partition coefficient (Wildman–Crippen LogP) is 6.46. The van der Waals surface area contributed by atoms with Crippen molar-refractivity contribution in [1.82, 2.24) is 9.88 Å². The predicted molar refractivity (Wildman–Crippen MR) is 139 cm³/mol. The number of ether oxygens (including phenoxy) is 1. The Morgan fingerprint density at radius 3 is 2.59 bits per heavy atom. The molecule has 32 heavy (non-hydrogen) atoms. The number of nitrogens with two attached hydrogens (primary N) is 1. The summed E-state index contributed by atoms with van der Waals surface area (Å²) in [7, 11) is 3.88. The number of likely N-dealkylation sites (N-methyl/N-ethyl adjacent to an activating group) is 1. The molecule has 2 N–H and O–H groups in total. The van der Waals surface area contributed by atoms with Gasteiger partial charge in [-0.3, -0.25) is 0 Å². The van der Waals surface area contributed by atoms with Crippen molar-refractivity contribution < 1.29 is 9.13 Å². The van der Waals surface area contributed by atoms with Gasteiger partial charge in [-0.15, -0.1) is 11.8 Å². The van der Waals surface area contributed by atoms with Gasteiger partial charge >= 0.3 is 0 Å². The highest BCUT2D eigenvalue weighted by Crippen LogP contribution is 2.34. The van der Waals surface area contributed by atoms with E-state index in [1.165, 1.54) is 6.08 Å². The van der Waals surface area contributed by atoms with Gasteiger partial charge in [-0.25, -0.2) is 9.37 Å². The molecular weight excluding hydrogens is 421 g/mol. The summed E-state index contributed by atoms with van der Waals surface area (Å²) in [6.07, 6.45) is 8.83. The number of nitrogen functional groups attached to an aromatic ring is 1. The topological polar surface area (TPSA) is 51.4 Å². The van der Waals surface area contributed by atoms with Gasteiger partial charge < -0.3 is 15.4 Å². The minimum atomic E-state index is -0.475. The molecule has 0 saturated carbocycles. The second-order valence-corrected chi connectivity index (χ2v) is 8.80. The van der Waals surface area contributed by atoms with Crippen LogP contribution in [0.2, 0.25) is 0 Å². The van der Waals surface area contributed by atoms with Crippen LogP contribution in [0.25, 0.3) is 5.57 Å². The third-order valence-electron chi connectivity index (χ3n) is 4.59. The molecular formula is C26H36FN3OS. The van der Waals surface area contributed by atoms with E-state index < -0.39 is 5.83 Å². The molecule has 0 aromatic carbocycles. The fraction of sp³-hybridized carbons (Fsp3) is 0.346. The van der Waals surface area contributed by atoms with Crippen LogP contribution in [0.5, 0.6) is 0 Å². The Hall–Kier alpha value is -2.57. The zero-order valence-corrected chi connectivity index (χ0v) is 21.0. The first-order valence-electron chi connectivity index (χ1n) is 10.6. The largest absolute Gasteiger partial charge is 0.494 e. The third kappa shape index (κ3) is 8.52. The van der Waals surface area contributed by atoms with E-state index in [1.807, 2.05) is 51.1 Å². The van der Waals surface area contributed by atoms with Crippen LogP contribution in [-0.4, -0.2) is 42.9 Å². The Morgan fingerprint density at radius 1 is 1.34 bits per heavy atom. The van der Waals surface area contributed by atoms with Crippen LogP contribution >= 0.6 is 11.8 Å². The summed E-state index contributed by atoms with van der Waals surface area (Å²) in [5, 5.41) is 0. The van der Waals surface area contributed by atoms with E-state index in [4.69, 9.17) is 10.5 Å². The van der Waals surface area contributed by atoms with Crippen molar-refractivity contribution in [1.29, 1.82) is 0 Å². The van der Waals surface area contributed by atoms with E-state index in [0.29, 0.717) is 35.7 Å². The van der Waals surface area contributed by atoms with Crippen LogP contribution < -0.4 is 5.73 Å². The average molecular weight is 458 g/mol. The SMILES string of the molecule is C=CC(=C\C(=C/C)SCC)/C(=C/C(F)=C(\C)OCCN(C)C)C(=C)c1cc(C)cnc1N. The molecule has 6 heteroatoms. The lowest BCUT2D eigenvalue weighted by Gasteiger charge is -2.16. The fourth-order valence-corrected chi connectivity index (χ4v) is 3.48. The first kappa shape index (κ1) is 27.5. The Kier molecular flexibility index (Phi) is 11.8. The Labute approximate surface area is 197 Å². The number of aromatic nitrogens is 1. The van der Waals surface area contributed by atoms with Crippen LogP contribution in [0.15, 0.2) is 77.4 Å². The minimum absolute atomic E-state index is 0.213. The van der Waals surface area contributed by atoms with E-state index in [0.717, 1.165) is 21.8 Å². The summed E-state index contributed by atoms with van der Waals surface area (Å²) in [6, 6.07) is 1.90. The second kappa shape index (κ2) is 13.8. The molecule has 0 fully saturated rings. The molecule has 1 aromatic heterocycles. The number of hydrogen-bond donors (Lipinski definition) is 1. The normalized spacial score (nSPS) is 13.8. The lowest BCUT2D eigenvalue weighted by atomic mass is 9.92. The number of aryl methyl sites for hydroxylation is 1. The van der Waals surface area contributed by atoms with Gasteiger partial charge in [-0.1, -0.05) is 32.2 Å². The van der Waals surface area contributed by atoms with Crippen LogP contribution in [0.3, 0.4) is 0 Å². The van der Waals surface area contributed by atoms with Gasteiger partial charge in [-0.2, -0.15) is 0 Å². The lowest BCUT2D eigenvalue weighted by molar-refractivity contribution is 0.178. The number of pyridine rings is 1. The van der Waals surface area contributed by atoms with E-state index in [-0.39, 0.29) is 5.76 Å². The molecule has 0 unspecified atom stereocenters. The van der Waals surface area contributed by atoms with Crippen LogP contribution in [-0.2, 0) is 4.74 Å². The van der Waals surface area contributed by atoms with E-state index >= 15 is 4.39 Å². The highest BCUT2D eigenvalue weighted by atomic mass is 32.2. The van der Waals surface area contributed by atoms with Crippen molar-refractivity contribution in [3.63, 3.8) is 0 Å². The summed E-state index contributed by atoms with van der Waals surface area (Å²) in [4.78, 5) is 7.27. The number of halogens is 1. The zero-order chi connectivity index (χ0) is 24.3. The Bertz CT molecular complexity index is 942. The minimum Gasteiger partial charge on any atom is -0.494 e. The first-order valence-corrected chi connectivity index (χ1v) is 11.5. The summed E-state index contributed by atoms with van der Waals surface area (Å²) in [6.45, 7) is 16.9. The highest BCUT2D eigenvalue weighted by Gasteiger charge is 2.15. The summed E-state index contributed by atoms with van der Waals surface area (Å²) in [5.74, 6) is 0.997. The van der Waals surface area contributed by atoms with Crippen molar-refractivity contribution in [2.45, 2.75) is 27.7 Å². The molecule has 0 aliphatic rings. The molecule has 0 radical (unpaired) electrons. The van der Waals surface area contributed by atoms with Crippen molar-refractivity contribution in [3.8, 4) is 0 Å². The number of thioether (sulfide) groups is 1. The molecule has 0 saturated heterocycles. The fourth-order valence-electron chi connectivity index (χ4n) is 2.76. The van der Waals surface area contributed by atoms with Gasteiger partial charge in [0.25, 0.3) is 0 Å². The average Bonchev–Trinajstić information content (AvgIpc) is 2.75. The summed E-state index contributed by atoms with van der Waals surface area (Å²) in [5.41, 5.74) is 9.61. The van der Waals surface area contributed by atoms with Crippen molar-refractivity contribution in [3.05, 3.63) is 88.5 Å². The maximum atomic E-state index is 15.2. The van der Waals surface area contributed by atoms with Gasteiger partial charge in [0.05, 0.1) is 0 Å². The number of allylic oxidation sites excluding steroid dienone is 9. The first-order chi connectivity index (χ1) is 15.1. The monoisotopic (exact) mass is 457 g/mol. The van der Waals surface area contributed by atoms with E-state index in [2.05, 4.69) is 25.1 Å². The molecule has 0 amide bonds. The maximum Gasteiger partial charge on any atom is 0.161 e. The smallest absolute Gasteiger partial charge is 0.161 e. The van der Waals surface area contributed by atoms with Gasteiger partial charge in [0, 0.05) is 23.2 Å². The van der Waals surface area contributed by atoms with Crippen LogP contribution in [0.1, 0.15) is 31.9 Å². The molecule has 1 aromatic rings. The third-order valence-corrected chi connectivity index (χ3v) is 5.57. The molecule has 0 bridgehead atoms. The van der Waals surface area contributed by atoms with E-state index in [9.17, 15) is 0 Å².